The third-order valence-corrected chi connectivity index (χ3v) is 24.4. The molecule has 5 heteroatoms. The number of aromatic nitrogens is 2. The molecule has 0 bridgehead atoms. The van der Waals surface area contributed by atoms with Crippen LogP contribution in [0.2, 0.25) is 18.5 Å². The van der Waals surface area contributed by atoms with Crippen molar-refractivity contribution in [3.8, 4) is 0 Å². The molecule has 2 rings (SSSR count). The number of halogens is 1. The molecule has 0 aliphatic carbocycles. The fourth-order valence-electron chi connectivity index (χ4n) is 3.31. The number of thiazole rings is 1. The number of hydrogen-bond donors (Lipinski definition) is 0. The topological polar surface area (TPSA) is 17.3 Å². The van der Waals surface area contributed by atoms with Gasteiger partial charge in [0.05, 0.1) is 0 Å². The molecule has 0 N–H and O–H groups in total. The Bertz CT molecular complexity index is 556. The molecule has 22 heavy (non-hydrogen) atoms. The standard InChI is InChI=1S/C5H2ClN2S.3C4H9.Sn/c6-4-5-8(3-7-4)1-2-9-5;3*1-3-4-2;/h1,3H;3*1,3-4H2,2H3;. The van der Waals surface area contributed by atoms with E-state index in [1.54, 1.807) is 2.89 Å². The van der Waals surface area contributed by atoms with Gasteiger partial charge < -0.3 is 0 Å². The van der Waals surface area contributed by atoms with Crippen LogP contribution in [0.3, 0.4) is 0 Å². The zero-order valence-corrected chi connectivity index (χ0v) is 18.6. The van der Waals surface area contributed by atoms with Crippen LogP contribution in [0.15, 0.2) is 12.5 Å². The number of unbranched alkanes of at least 4 members (excludes halogenated alkanes) is 3. The minimum atomic E-state index is -2.28. The molecular weight excluding hydrogens is 418 g/mol. The van der Waals surface area contributed by atoms with Gasteiger partial charge in [-0.3, -0.25) is 0 Å². The SMILES string of the molecule is CCC[CH2][Sn]([CH2]CCC)([CH2]CCC)[c]1cn2cnc(Cl)c2s1. The Morgan fingerprint density at radius 1 is 1.05 bits per heavy atom. The van der Waals surface area contributed by atoms with Gasteiger partial charge in [-0.25, -0.2) is 0 Å². The Hall–Kier alpha value is 0.259. The van der Waals surface area contributed by atoms with E-state index in [0.29, 0.717) is 5.15 Å². The predicted molar refractivity (Wildman–Crippen MR) is 103 cm³/mol. The molecule has 0 aliphatic rings. The summed E-state index contributed by atoms with van der Waals surface area (Å²) in [6.07, 6.45) is 12.5. The molecule has 0 aliphatic heterocycles. The third-order valence-electron chi connectivity index (χ3n) is 4.72. The molecule has 124 valence electrons. The average Bonchev–Trinajstić information content (AvgIpc) is 3.10. The van der Waals surface area contributed by atoms with E-state index in [4.69, 9.17) is 11.6 Å². The second-order valence-electron chi connectivity index (χ2n) is 6.43. The molecule has 0 atom stereocenters. The Morgan fingerprint density at radius 2 is 1.59 bits per heavy atom. The van der Waals surface area contributed by atoms with Crippen molar-refractivity contribution in [1.29, 1.82) is 0 Å². The fourth-order valence-corrected chi connectivity index (χ4v) is 23.5. The van der Waals surface area contributed by atoms with E-state index in [1.165, 1.54) is 51.8 Å². The molecule has 2 nitrogen and oxygen atoms in total. The Morgan fingerprint density at radius 3 is 2.05 bits per heavy atom. The van der Waals surface area contributed by atoms with Gasteiger partial charge in [-0.1, -0.05) is 0 Å². The van der Waals surface area contributed by atoms with Gasteiger partial charge >= 0.3 is 149 Å². The molecule has 2 aromatic heterocycles. The second kappa shape index (κ2) is 8.93. The first-order valence-corrected chi connectivity index (χ1v) is 17.5. The number of hydrogen-bond acceptors (Lipinski definition) is 2. The molecule has 2 aromatic rings. The quantitative estimate of drug-likeness (QED) is 0.402. The van der Waals surface area contributed by atoms with Crippen molar-refractivity contribution in [2.24, 2.45) is 0 Å². The first-order chi connectivity index (χ1) is 10.7. The summed E-state index contributed by atoms with van der Waals surface area (Å²) >= 11 is 5.92. The van der Waals surface area contributed by atoms with E-state index in [1.807, 2.05) is 17.7 Å². The molecule has 2 heterocycles. The van der Waals surface area contributed by atoms with Crippen LogP contribution in [-0.4, -0.2) is 27.8 Å². The fraction of sp³-hybridized carbons (Fsp3) is 0.706. The first-order valence-electron chi connectivity index (χ1n) is 8.79. The van der Waals surface area contributed by atoms with Crippen molar-refractivity contribution in [3.63, 3.8) is 0 Å². The maximum atomic E-state index is 6.25. The molecule has 0 aromatic carbocycles. The number of imidazole rings is 1. The molecule has 0 amide bonds. The van der Waals surface area contributed by atoms with Gasteiger partial charge in [0.1, 0.15) is 0 Å². The van der Waals surface area contributed by atoms with E-state index in [0.717, 1.165) is 4.83 Å². The monoisotopic (exact) mass is 448 g/mol. The van der Waals surface area contributed by atoms with Crippen molar-refractivity contribution < 1.29 is 0 Å². The summed E-state index contributed by atoms with van der Waals surface area (Å²) in [6.45, 7) is 6.99. The molecular formula is C17H29ClN2SSn. The maximum absolute atomic E-state index is 6.25. The van der Waals surface area contributed by atoms with Crippen LogP contribution in [0.1, 0.15) is 59.3 Å². The van der Waals surface area contributed by atoms with E-state index < -0.39 is 18.4 Å². The summed E-state index contributed by atoms with van der Waals surface area (Å²) in [4.78, 5) is 5.38. The van der Waals surface area contributed by atoms with E-state index in [2.05, 4.69) is 36.4 Å². The van der Waals surface area contributed by atoms with Crippen LogP contribution < -0.4 is 2.89 Å². The zero-order chi connectivity index (χ0) is 16.0. The van der Waals surface area contributed by atoms with Gasteiger partial charge in [-0.05, 0) is 0 Å². The molecule has 0 fully saturated rings. The molecule has 0 radical (unpaired) electrons. The number of nitrogens with zero attached hydrogens (tertiary/aromatic N) is 2. The summed E-state index contributed by atoms with van der Waals surface area (Å²) in [5.74, 6) is 0. The van der Waals surface area contributed by atoms with Gasteiger partial charge in [-0.2, -0.15) is 0 Å². The van der Waals surface area contributed by atoms with Gasteiger partial charge in [0, 0.05) is 0 Å². The van der Waals surface area contributed by atoms with Gasteiger partial charge in [-0.15, -0.1) is 0 Å². The minimum absolute atomic E-state index is 0.679. The van der Waals surface area contributed by atoms with Crippen molar-refractivity contribution >= 4 is 49.0 Å². The molecule has 0 saturated heterocycles. The normalized spacial score (nSPS) is 12.4. The van der Waals surface area contributed by atoms with E-state index in [9.17, 15) is 0 Å². The van der Waals surface area contributed by atoms with Crippen LogP contribution >= 0.6 is 22.9 Å². The van der Waals surface area contributed by atoms with Crippen LogP contribution in [0, 0.1) is 0 Å². The van der Waals surface area contributed by atoms with Crippen molar-refractivity contribution in [2.45, 2.75) is 72.6 Å². The number of fused-ring (bicyclic) bond motifs is 1. The summed E-state index contributed by atoms with van der Waals surface area (Å²) in [6, 6.07) is 0. The Kier molecular flexibility index (Phi) is 7.55. The van der Waals surface area contributed by atoms with Crippen LogP contribution in [0.4, 0.5) is 0 Å². The summed E-state index contributed by atoms with van der Waals surface area (Å²) in [7, 11) is 0. The molecule has 0 unspecified atom stereocenters. The molecule has 0 saturated carbocycles. The van der Waals surface area contributed by atoms with Gasteiger partial charge in [0.15, 0.2) is 0 Å². The van der Waals surface area contributed by atoms with Gasteiger partial charge in [0.2, 0.25) is 0 Å². The zero-order valence-electron chi connectivity index (χ0n) is 14.2. The van der Waals surface area contributed by atoms with Crippen molar-refractivity contribution in [3.05, 3.63) is 17.7 Å². The summed E-state index contributed by atoms with van der Waals surface area (Å²) in [5, 5.41) is 0.679. The number of rotatable bonds is 10. The first kappa shape index (κ1) is 18.6. The van der Waals surface area contributed by atoms with E-state index in [-0.39, 0.29) is 0 Å². The van der Waals surface area contributed by atoms with Crippen LogP contribution in [0.5, 0.6) is 0 Å². The summed E-state index contributed by atoms with van der Waals surface area (Å²) < 4.78 is 8.43. The van der Waals surface area contributed by atoms with Crippen molar-refractivity contribution in [2.75, 3.05) is 0 Å². The van der Waals surface area contributed by atoms with Crippen LogP contribution in [0.25, 0.3) is 4.83 Å². The second-order valence-corrected chi connectivity index (χ2v) is 22.0. The van der Waals surface area contributed by atoms with Gasteiger partial charge in [0.25, 0.3) is 0 Å². The average molecular weight is 448 g/mol. The van der Waals surface area contributed by atoms with Crippen LogP contribution in [-0.2, 0) is 0 Å². The Balaban J connectivity index is 2.37. The Labute approximate surface area is 148 Å². The third kappa shape index (κ3) is 4.21. The van der Waals surface area contributed by atoms with E-state index >= 15 is 0 Å². The summed E-state index contributed by atoms with van der Waals surface area (Å²) in [5.41, 5.74) is 0. The van der Waals surface area contributed by atoms with Crippen molar-refractivity contribution in [1.82, 2.24) is 9.38 Å². The predicted octanol–water partition coefficient (Wildman–Crippen LogP) is 6.11. The molecule has 0 spiro atoms.